The minimum Gasteiger partial charge on any atom is -0.346 e. The van der Waals surface area contributed by atoms with Gasteiger partial charge in [-0.25, -0.2) is 8.42 Å². The lowest BCUT2D eigenvalue weighted by molar-refractivity contribution is 0.599. The largest absolute Gasteiger partial charge is 0.346 e. The summed E-state index contributed by atoms with van der Waals surface area (Å²) in [6.07, 6.45) is 1.19. The summed E-state index contributed by atoms with van der Waals surface area (Å²) in [5.74, 6) is 0. The van der Waals surface area contributed by atoms with E-state index < -0.39 is 9.84 Å². The van der Waals surface area contributed by atoms with Crippen LogP contribution in [-0.2, 0) is 9.84 Å². The van der Waals surface area contributed by atoms with Crippen molar-refractivity contribution < 1.29 is 8.42 Å². The van der Waals surface area contributed by atoms with Gasteiger partial charge in [-0.3, -0.25) is 0 Å². The fourth-order valence-electron chi connectivity index (χ4n) is 1.27. The van der Waals surface area contributed by atoms with Crippen molar-refractivity contribution in [2.75, 3.05) is 6.26 Å². The molecule has 2 rings (SSSR count). The zero-order chi connectivity index (χ0) is 10.3. The minimum absolute atomic E-state index is 0.255. The molecule has 0 bridgehead atoms. The first kappa shape index (κ1) is 9.73. The van der Waals surface area contributed by atoms with Crippen molar-refractivity contribution in [2.24, 2.45) is 0 Å². The van der Waals surface area contributed by atoms with Crippen molar-refractivity contribution in [3.8, 4) is 0 Å². The Morgan fingerprint density at radius 2 is 2.00 bits per heavy atom. The molecule has 14 heavy (non-hydrogen) atoms. The van der Waals surface area contributed by atoms with Gasteiger partial charge in [-0.05, 0) is 18.2 Å². The van der Waals surface area contributed by atoms with Crippen molar-refractivity contribution in [1.82, 2.24) is 4.98 Å². The van der Waals surface area contributed by atoms with Crippen molar-refractivity contribution in [3.05, 3.63) is 28.7 Å². The van der Waals surface area contributed by atoms with Crippen molar-refractivity contribution in [1.29, 1.82) is 0 Å². The Kier molecular flexibility index (Phi) is 2.16. The topological polar surface area (TPSA) is 49.9 Å². The molecular formula is C9H8BrNO2S. The van der Waals surface area contributed by atoms with E-state index in [1.165, 1.54) is 6.26 Å². The smallest absolute Gasteiger partial charge is 0.190 e. The quantitative estimate of drug-likeness (QED) is 0.867. The fourth-order valence-corrected chi connectivity index (χ4v) is 2.27. The molecule has 0 radical (unpaired) electrons. The normalized spacial score (nSPS) is 12.1. The molecule has 1 aromatic heterocycles. The van der Waals surface area contributed by atoms with Crippen LogP contribution in [0.25, 0.3) is 10.9 Å². The van der Waals surface area contributed by atoms with Crippen LogP contribution in [0.5, 0.6) is 0 Å². The number of halogens is 1. The molecule has 2 aromatic rings. The lowest BCUT2D eigenvalue weighted by Crippen LogP contribution is -1.96. The molecule has 0 unspecified atom stereocenters. The van der Waals surface area contributed by atoms with E-state index in [1.54, 1.807) is 6.07 Å². The number of aromatic nitrogens is 1. The Balaban J connectivity index is 2.75. The second-order valence-electron chi connectivity index (χ2n) is 3.14. The van der Waals surface area contributed by atoms with Gasteiger partial charge in [0.15, 0.2) is 9.84 Å². The summed E-state index contributed by atoms with van der Waals surface area (Å²) in [5, 5.41) is 1.15. The third kappa shape index (κ3) is 1.69. The number of nitrogens with one attached hydrogen (secondary N) is 1. The predicted molar refractivity (Wildman–Crippen MR) is 59.1 cm³/mol. The zero-order valence-corrected chi connectivity index (χ0v) is 9.81. The van der Waals surface area contributed by atoms with Gasteiger partial charge in [0, 0.05) is 21.6 Å². The summed E-state index contributed by atoms with van der Waals surface area (Å²) < 4.78 is 23.4. The number of benzene rings is 1. The Bertz CT molecular complexity index is 586. The van der Waals surface area contributed by atoms with Crippen LogP contribution in [0.15, 0.2) is 33.8 Å². The minimum atomic E-state index is -3.15. The average molecular weight is 274 g/mol. The van der Waals surface area contributed by atoms with Crippen LogP contribution in [0.1, 0.15) is 0 Å². The number of fused-ring (bicyclic) bond motifs is 1. The van der Waals surface area contributed by atoms with Crippen molar-refractivity contribution >= 4 is 36.7 Å². The number of H-pyrrole nitrogens is 1. The molecule has 0 amide bonds. The van der Waals surface area contributed by atoms with E-state index >= 15 is 0 Å². The first-order chi connectivity index (χ1) is 6.47. The predicted octanol–water partition coefficient (Wildman–Crippen LogP) is 2.33. The van der Waals surface area contributed by atoms with E-state index in [9.17, 15) is 8.42 Å². The van der Waals surface area contributed by atoms with Crippen LogP contribution in [0.4, 0.5) is 0 Å². The molecule has 0 atom stereocenters. The maximum Gasteiger partial charge on any atom is 0.190 e. The first-order valence-corrected chi connectivity index (χ1v) is 6.63. The number of rotatable bonds is 1. The molecule has 74 valence electrons. The molecule has 0 aliphatic carbocycles. The lowest BCUT2D eigenvalue weighted by Gasteiger charge is -1.90. The van der Waals surface area contributed by atoms with Crippen LogP contribution in [0, 0.1) is 0 Å². The van der Waals surface area contributed by atoms with Crippen LogP contribution in [0.2, 0.25) is 0 Å². The molecule has 0 saturated heterocycles. The van der Waals surface area contributed by atoms with E-state index in [0.717, 1.165) is 15.4 Å². The highest BCUT2D eigenvalue weighted by Crippen LogP contribution is 2.22. The summed E-state index contributed by atoms with van der Waals surface area (Å²) in [4.78, 5) is 2.86. The summed E-state index contributed by atoms with van der Waals surface area (Å²) >= 11 is 3.32. The van der Waals surface area contributed by atoms with E-state index in [0.29, 0.717) is 0 Å². The SMILES string of the molecule is CS(=O)(=O)c1cc2ccc(Br)cc2[nH]1. The second kappa shape index (κ2) is 3.10. The fraction of sp³-hybridized carbons (Fsp3) is 0.111. The van der Waals surface area contributed by atoms with Crippen molar-refractivity contribution in [3.63, 3.8) is 0 Å². The molecule has 0 saturated carbocycles. The number of hydrogen-bond acceptors (Lipinski definition) is 2. The molecular weight excluding hydrogens is 266 g/mol. The highest BCUT2D eigenvalue weighted by Gasteiger charge is 2.10. The molecule has 5 heteroatoms. The summed E-state index contributed by atoms with van der Waals surface area (Å²) in [7, 11) is -3.15. The Morgan fingerprint density at radius 1 is 1.29 bits per heavy atom. The maximum atomic E-state index is 11.2. The third-order valence-corrected chi connectivity index (χ3v) is 3.47. The molecule has 0 aliphatic heterocycles. The standard InChI is InChI=1S/C9H8BrNO2S/c1-14(12,13)9-4-6-2-3-7(10)5-8(6)11-9/h2-5,11H,1H3. The van der Waals surface area contributed by atoms with Gasteiger partial charge in [0.2, 0.25) is 0 Å². The van der Waals surface area contributed by atoms with Gasteiger partial charge >= 0.3 is 0 Å². The Hall–Kier alpha value is -0.810. The first-order valence-electron chi connectivity index (χ1n) is 3.95. The molecule has 0 aliphatic rings. The lowest BCUT2D eigenvalue weighted by atomic mass is 10.3. The van der Waals surface area contributed by atoms with E-state index in [4.69, 9.17) is 0 Å². The molecule has 1 N–H and O–H groups in total. The van der Waals surface area contributed by atoms with Gasteiger partial charge in [0.25, 0.3) is 0 Å². The highest BCUT2D eigenvalue weighted by atomic mass is 79.9. The van der Waals surface area contributed by atoms with Crippen LogP contribution in [-0.4, -0.2) is 19.7 Å². The zero-order valence-electron chi connectivity index (χ0n) is 7.41. The van der Waals surface area contributed by atoms with Gasteiger partial charge in [0.1, 0.15) is 5.03 Å². The molecule has 1 aromatic carbocycles. The summed E-state index contributed by atoms with van der Waals surface area (Å²) in [5.41, 5.74) is 0.819. The van der Waals surface area contributed by atoms with Crippen LogP contribution >= 0.6 is 15.9 Å². The second-order valence-corrected chi connectivity index (χ2v) is 6.04. The number of hydrogen-bond donors (Lipinski definition) is 1. The van der Waals surface area contributed by atoms with E-state index in [1.807, 2.05) is 18.2 Å². The number of aromatic amines is 1. The van der Waals surface area contributed by atoms with Crippen molar-refractivity contribution in [2.45, 2.75) is 5.03 Å². The molecule has 3 nitrogen and oxygen atoms in total. The summed E-state index contributed by atoms with van der Waals surface area (Å²) in [6, 6.07) is 7.23. The van der Waals surface area contributed by atoms with E-state index in [-0.39, 0.29) is 5.03 Å². The van der Waals surface area contributed by atoms with Gasteiger partial charge in [-0.15, -0.1) is 0 Å². The van der Waals surface area contributed by atoms with Gasteiger partial charge in [-0.2, -0.15) is 0 Å². The third-order valence-electron chi connectivity index (χ3n) is 1.96. The van der Waals surface area contributed by atoms with Gasteiger partial charge in [-0.1, -0.05) is 22.0 Å². The molecule has 1 heterocycles. The van der Waals surface area contributed by atoms with Crippen LogP contribution < -0.4 is 0 Å². The van der Waals surface area contributed by atoms with Gasteiger partial charge < -0.3 is 4.98 Å². The summed E-state index contributed by atoms with van der Waals surface area (Å²) in [6.45, 7) is 0. The Morgan fingerprint density at radius 3 is 2.64 bits per heavy atom. The highest BCUT2D eigenvalue weighted by molar-refractivity contribution is 9.10. The molecule has 0 fully saturated rings. The van der Waals surface area contributed by atoms with Gasteiger partial charge in [0.05, 0.1) is 0 Å². The molecule has 0 spiro atoms. The Labute approximate surface area is 90.2 Å². The van der Waals surface area contributed by atoms with Crippen LogP contribution in [0.3, 0.4) is 0 Å². The number of sulfone groups is 1. The average Bonchev–Trinajstić information content (AvgIpc) is 2.45. The van der Waals surface area contributed by atoms with E-state index in [2.05, 4.69) is 20.9 Å². The maximum absolute atomic E-state index is 11.2. The monoisotopic (exact) mass is 273 g/mol.